The second-order valence-corrected chi connectivity index (χ2v) is 4.47. The second-order valence-electron chi connectivity index (χ2n) is 3.35. The zero-order valence-corrected chi connectivity index (χ0v) is 9.81. The van der Waals surface area contributed by atoms with Crippen molar-refractivity contribution in [3.8, 4) is 0 Å². The number of thioether (sulfide) groups is 1. The molecule has 0 saturated carbocycles. The highest BCUT2D eigenvalue weighted by Crippen LogP contribution is 2.17. The number of hydrogen-bond acceptors (Lipinski definition) is 3. The summed E-state index contributed by atoms with van der Waals surface area (Å²) >= 11 is 1.73. The number of nitrogens with zero attached hydrogens (tertiary/aromatic N) is 1. The minimum absolute atomic E-state index is 0.104. The van der Waals surface area contributed by atoms with Crippen LogP contribution in [0.1, 0.15) is 31.7 Å². The lowest BCUT2D eigenvalue weighted by Gasteiger charge is -2.02. The van der Waals surface area contributed by atoms with E-state index in [-0.39, 0.29) is 5.84 Å². The Kier molecular flexibility index (Phi) is 5.18. The van der Waals surface area contributed by atoms with Gasteiger partial charge in [-0.25, -0.2) is 4.98 Å². The lowest BCUT2D eigenvalue weighted by Crippen LogP contribution is -2.11. The van der Waals surface area contributed by atoms with E-state index >= 15 is 0 Å². The first kappa shape index (κ1) is 12.0. The van der Waals surface area contributed by atoms with Crippen LogP contribution in [0.4, 0.5) is 0 Å². The van der Waals surface area contributed by atoms with E-state index in [1.54, 1.807) is 24.0 Å². The van der Waals surface area contributed by atoms with E-state index in [9.17, 15) is 0 Å². The van der Waals surface area contributed by atoms with E-state index in [1.165, 1.54) is 19.3 Å². The maximum absolute atomic E-state index is 7.32. The van der Waals surface area contributed by atoms with E-state index < -0.39 is 0 Å². The highest BCUT2D eigenvalue weighted by atomic mass is 32.2. The summed E-state index contributed by atoms with van der Waals surface area (Å²) in [5, 5.41) is 8.27. The van der Waals surface area contributed by atoms with E-state index in [0.29, 0.717) is 0 Å². The molecule has 0 unspecified atom stereocenters. The van der Waals surface area contributed by atoms with Crippen LogP contribution in [0.15, 0.2) is 23.4 Å². The molecule has 3 nitrogen and oxygen atoms in total. The summed E-state index contributed by atoms with van der Waals surface area (Å²) in [5.41, 5.74) is 6.16. The predicted molar refractivity (Wildman–Crippen MR) is 65.5 cm³/mol. The molecule has 0 spiro atoms. The minimum Gasteiger partial charge on any atom is -0.384 e. The second kappa shape index (κ2) is 6.45. The van der Waals surface area contributed by atoms with Crippen molar-refractivity contribution >= 4 is 17.6 Å². The van der Waals surface area contributed by atoms with Crippen LogP contribution in [0.2, 0.25) is 0 Å². The van der Waals surface area contributed by atoms with Gasteiger partial charge in [0.1, 0.15) is 5.84 Å². The third-order valence-electron chi connectivity index (χ3n) is 2.04. The van der Waals surface area contributed by atoms with Gasteiger partial charge in [-0.1, -0.05) is 19.8 Å². The van der Waals surface area contributed by atoms with Crippen LogP contribution in [-0.2, 0) is 0 Å². The summed E-state index contributed by atoms with van der Waals surface area (Å²) in [6.45, 7) is 2.19. The fourth-order valence-corrected chi connectivity index (χ4v) is 2.09. The number of rotatable bonds is 6. The zero-order chi connectivity index (χ0) is 11.1. The first-order valence-electron chi connectivity index (χ1n) is 5.17. The summed E-state index contributed by atoms with van der Waals surface area (Å²) in [6.07, 6.45) is 5.42. The Morgan fingerprint density at radius 1 is 1.53 bits per heavy atom. The third kappa shape index (κ3) is 4.34. The van der Waals surface area contributed by atoms with E-state index in [2.05, 4.69) is 11.9 Å². The van der Waals surface area contributed by atoms with E-state index in [1.807, 2.05) is 6.07 Å². The molecule has 0 aliphatic rings. The molecule has 0 bridgehead atoms. The van der Waals surface area contributed by atoms with Crippen LogP contribution in [0, 0.1) is 5.41 Å². The van der Waals surface area contributed by atoms with Gasteiger partial charge >= 0.3 is 0 Å². The summed E-state index contributed by atoms with van der Waals surface area (Å²) in [5.74, 6) is 1.19. The average molecular weight is 223 g/mol. The van der Waals surface area contributed by atoms with Crippen molar-refractivity contribution in [1.82, 2.24) is 4.98 Å². The van der Waals surface area contributed by atoms with Crippen LogP contribution in [0.5, 0.6) is 0 Å². The van der Waals surface area contributed by atoms with Gasteiger partial charge in [-0.05, 0) is 24.3 Å². The van der Waals surface area contributed by atoms with Crippen LogP contribution < -0.4 is 5.73 Å². The van der Waals surface area contributed by atoms with Gasteiger partial charge in [0.05, 0.1) is 5.03 Å². The van der Waals surface area contributed by atoms with Gasteiger partial charge in [-0.2, -0.15) is 0 Å². The molecule has 0 aromatic carbocycles. The van der Waals surface area contributed by atoms with Gasteiger partial charge in [0.15, 0.2) is 0 Å². The standard InChI is InChI=1S/C11H17N3S/c1-2-3-4-7-15-10-8-9(11(12)13)5-6-14-10/h5-6,8H,2-4,7H2,1H3,(H3,12,13). The number of amidine groups is 1. The van der Waals surface area contributed by atoms with Crippen molar-refractivity contribution in [3.63, 3.8) is 0 Å². The summed E-state index contributed by atoms with van der Waals surface area (Å²) in [4.78, 5) is 4.23. The smallest absolute Gasteiger partial charge is 0.122 e. The Balaban J connectivity index is 2.47. The summed E-state index contributed by atoms with van der Waals surface area (Å²) in [6, 6.07) is 3.64. The molecule has 1 heterocycles. The molecule has 1 aromatic heterocycles. The number of nitrogens with one attached hydrogen (secondary N) is 1. The molecule has 15 heavy (non-hydrogen) atoms. The van der Waals surface area contributed by atoms with E-state index in [0.717, 1.165) is 16.3 Å². The van der Waals surface area contributed by atoms with Gasteiger partial charge in [-0.3, -0.25) is 5.41 Å². The Bertz CT molecular complexity index is 325. The Hall–Kier alpha value is -1.03. The molecule has 0 aliphatic carbocycles. The fourth-order valence-electron chi connectivity index (χ4n) is 1.18. The first-order chi connectivity index (χ1) is 7.24. The molecule has 0 fully saturated rings. The maximum Gasteiger partial charge on any atom is 0.122 e. The lowest BCUT2D eigenvalue weighted by atomic mass is 10.2. The molecule has 3 N–H and O–H groups in total. The summed E-state index contributed by atoms with van der Waals surface area (Å²) in [7, 11) is 0. The van der Waals surface area contributed by atoms with Gasteiger partial charge in [0.25, 0.3) is 0 Å². The zero-order valence-electron chi connectivity index (χ0n) is 8.99. The molecular weight excluding hydrogens is 206 g/mol. The SMILES string of the molecule is CCCCCSc1cc(C(=N)N)ccn1. The van der Waals surface area contributed by atoms with Gasteiger partial charge < -0.3 is 5.73 Å². The molecule has 1 rings (SSSR count). The number of nitrogens with two attached hydrogens (primary N) is 1. The number of hydrogen-bond donors (Lipinski definition) is 2. The number of unbranched alkanes of at least 4 members (excludes halogenated alkanes) is 2. The monoisotopic (exact) mass is 223 g/mol. The quantitative estimate of drug-likeness (QED) is 0.337. The molecule has 0 aliphatic heterocycles. The molecule has 82 valence electrons. The van der Waals surface area contributed by atoms with Crippen LogP contribution in [-0.4, -0.2) is 16.6 Å². The molecule has 1 aromatic rings. The highest BCUT2D eigenvalue weighted by Gasteiger charge is 2.00. The number of aromatic nitrogens is 1. The Morgan fingerprint density at radius 3 is 3.00 bits per heavy atom. The van der Waals surface area contributed by atoms with Crippen molar-refractivity contribution in [2.75, 3.05) is 5.75 Å². The first-order valence-corrected chi connectivity index (χ1v) is 6.16. The normalized spacial score (nSPS) is 10.2. The van der Waals surface area contributed by atoms with Crippen LogP contribution in [0.25, 0.3) is 0 Å². The van der Waals surface area contributed by atoms with Gasteiger partial charge in [-0.15, -0.1) is 11.8 Å². The number of pyridine rings is 1. The average Bonchev–Trinajstić information content (AvgIpc) is 2.25. The molecule has 0 amide bonds. The highest BCUT2D eigenvalue weighted by molar-refractivity contribution is 7.99. The number of nitrogen functional groups attached to an aromatic ring is 1. The Labute approximate surface area is 95.0 Å². The topological polar surface area (TPSA) is 62.8 Å². The third-order valence-corrected chi connectivity index (χ3v) is 3.06. The van der Waals surface area contributed by atoms with Gasteiger partial charge in [0.2, 0.25) is 0 Å². The predicted octanol–water partition coefficient (Wildman–Crippen LogP) is 2.65. The minimum atomic E-state index is 0.104. The molecule has 0 atom stereocenters. The lowest BCUT2D eigenvalue weighted by molar-refractivity contribution is 0.778. The van der Waals surface area contributed by atoms with Crippen molar-refractivity contribution in [2.45, 2.75) is 31.2 Å². The fraction of sp³-hybridized carbons (Fsp3) is 0.455. The maximum atomic E-state index is 7.32. The molecular formula is C11H17N3S. The van der Waals surface area contributed by atoms with Crippen LogP contribution >= 0.6 is 11.8 Å². The van der Waals surface area contributed by atoms with Crippen molar-refractivity contribution in [2.24, 2.45) is 5.73 Å². The Morgan fingerprint density at radius 2 is 2.33 bits per heavy atom. The molecule has 4 heteroatoms. The van der Waals surface area contributed by atoms with Crippen molar-refractivity contribution < 1.29 is 0 Å². The largest absolute Gasteiger partial charge is 0.384 e. The van der Waals surface area contributed by atoms with Crippen LogP contribution in [0.3, 0.4) is 0 Å². The van der Waals surface area contributed by atoms with E-state index in [4.69, 9.17) is 11.1 Å². The summed E-state index contributed by atoms with van der Waals surface area (Å²) < 4.78 is 0. The van der Waals surface area contributed by atoms with Crippen molar-refractivity contribution in [3.05, 3.63) is 23.9 Å². The molecule has 0 saturated heterocycles. The molecule has 0 radical (unpaired) electrons. The van der Waals surface area contributed by atoms with Crippen molar-refractivity contribution in [1.29, 1.82) is 5.41 Å². The van der Waals surface area contributed by atoms with Gasteiger partial charge in [0, 0.05) is 11.8 Å².